The summed E-state index contributed by atoms with van der Waals surface area (Å²) in [7, 11) is 0. The second-order valence-electron chi connectivity index (χ2n) is 6.18. The van der Waals surface area contributed by atoms with E-state index in [4.69, 9.17) is 4.74 Å². The first-order chi connectivity index (χ1) is 9.52. The summed E-state index contributed by atoms with van der Waals surface area (Å²) in [6.07, 6.45) is 3.07. The lowest BCUT2D eigenvalue weighted by Crippen LogP contribution is -2.46. The van der Waals surface area contributed by atoms with Gasteiger partial charge in [-0.15, -0.1) is 0 Å². The maximum absolute atomic E-state index is 11.1. The zero-order valence-electron chi connectivity index (χ0n) is 11.8. The Kier molecular flexibility index (Phi) is 4.37. The molecule has 1 aromatic rings. The third-order valence-electron chi connectivity index (χ3n) is 4.78. The minimum atomic E-state index is -0.756. The van der Waals surface area contributed by atoms with Crippen LogP contribution in [0.25, 0.3) is 0 Å². The predicted octanol–water partition coefficient (Wildman–Crippen LogP) is 3.80. The summed E-state index contributed by atoms with van der Waals surface area (Å²) in [5.74, 6) is 2.57. The van der Waals surface area contributed by atoms with Gasteiger partial charge in [0.1, 0.15) is 0 Å². The van der Waals surface area contributed by atoms with Crippen molar-refractivity contribution in [3.05, 3.63) is 33.4 Å². The van der Waals surface area contributed by atoms with E-state index in [0.717, 1.165) is 37.2 Å². The van der Waals surface area contributed by atoms with Crippen LogP contribution in [0.5, 0.6) is 0 Å². The quantitative estimate of drug-likeness (QED) is 0.761. The first-order valence-electron chi connectivity index (χ1n) is 7.22. The first kappa shape index (κ1) is 15.1. The van der Waals surface area contributed by atoms with Gasteiger partial charge in [0.2, 0.25) is 0 Å². The number of thioether (sulfide) groups is 1. The molecule has 0 radical (unpaired) electrons. The number of ether oxygens (including phenoxy) is 1. The van der Waals surface area contributed by atoms with E-state index in [1.807, 2.05) is 18.7 Å². The molecular weight excluding hydrogens is 383 g/mol. The van der Waals surface area contributed by atoms with Crippen molar-refractivity contribution in [3.8, 4) is 0 Å². The summed E-state index contributed by atoms with van der Waals surface area (Å²) in [4.78, 5) is 0. The fraction of sp³-hybridized carbons (Fsp3) is 0.625. The highest BCUT2D eigenvalue weighted by Crippen LogP contribution is 2.46. The van der Waals surface area contributed by atoms with Gasteiger partial charge in [-0.3, -0.25) is 0 Å². The summed E-state index contributed by atoms with van der Waals surface area (Å²) in [5.41, 5.74) is 0.306. The van der Waals surface area contributed by atoms with Crippen molar-refractivity contribution in [2.24, 2.45) is 5.92 Å². The summed E-state index contributed by atoms with van der Waals surface area (Å²) in [6, 6.07) is 8.27. The molecule has 2 nitrogen and oxygen atoms in total. The lowest BCUT2D eigenvalue weighted by atomic mass is 9.73. The topological polar surface area (TPSA) is 29.5 Å². The lowest BCUT2D eigenvalue weighted by molar-refractivity contribution is -0.129. The maximum atomic E-state index is 11.1. The normalized spacial score (nSPS) is 33.2. The molecule has 2 fully saturated rings. The number of halogens is 1. The van der Waals surface area contributed by atoms with Gasteiger partial charge in [0.15, 0.2) is 0 Å². The highest BCUT2D eigenvalue weighted by atomic mass is 127. The van der Waals surface area contributed by atoms with Crippen molar-refractivity contribution in [2.45, 2.75) is 37.4 Å². The van der Waals surface area contributed by atoms with Crippen LogP contribution in [0.1, 0.15) is 31.7 Å². The Labute approximate surface area is 138 Å². The highest BCUT2D eigenvalue weighted by molar-refractivity contribution is 14.1. The molecule has 0 aromatic heterocycles. The molecule has 3 rings (SSSR count). The molecule has 3 unspecified atom stereocenters. The van der Waals surface area contributed by atoms with Crippen LogP contribution in [0, 0.1) is 9.49 Å². The molecule has 2 aliphatic rings. The molecule has 2 saturated heterocycles. The standard InChI is InChI=1S/C16H21IO2S/c1-15(18,12-2-4-14(17)5-3-12)13-6-8-19-16(10-13)7-9-20-11-16/h2-5,13,18H,6-11H2,1H3. The van der Waals surface area contributed by atoms with Crippen molar-refractivity contribution < 1.29 is 9.84 Å². The van der Waals surface area contributed by atoms with E-state index in [0.29, 0.717) is 0 Å². The molecule has 2 aliphatic heterocycles. The molecule has 20 heavy (non-hydrogen) atoms. The highest BCUT2D eigenvalue weighted by Gasteiger charge is 2.46. The van der Waals surface area contributed by atoms with Gasteiger partial charge >= 0.3 is 0 Å². The Morgan fingerprint density at radius 1 is 1.40 bits per heavy atom. The van der Waals surface area contributed by atoms with E-state index in [1.165, 1.54) is 9.32 Å². The monoisotopic (exact) mass is 404 g/mol. The number of rotatable bonds is 2. The van der Waals surface area contributed by atoms with Crippen LogP contribution in [0.4, 0.5) is 0 Å². The maximum Gasteiger partial charge on any atom is 0.0898 e. The van der Waals surface area contributed by atoms with Gasteiger partial charge in [0.05, 0.1) is 11.2 Å². The van der Waals surface area contributed by atoms with Crippen molar-refractivity contribution in [1.82, 2.24) is 0 Å². The Morgan fingerprint density at radius 3 is 2.80 bits per heavy atom. The molecule has 2 heterocycles. The third kappa shape index (κ3) is 2.89. The molecule has 4 heteroatoms. The molecule has 1 N–H and O–H groups in total. The number of aliphatic hydroxyl groups is 1. The molecular formula is C16H21IO2S. The van der Waals surface area contributed by atoms with Gasteiger partial charge in [-0.25, -0.2) is 0 Å². The molecule has 110 valence electrons. The summed E-state index contributed by atoms with van der Waals surface area (Å²) in [6.45, 7) is 2.76. The fourth-order valence-corrected chi connectivity index (χ4v) is 5.13. The Morgan fingerprint density at radius 2 is 2.15 bits per heavy atom. The van der Waals surface area contributed by atoms with Crippen LogP contribution < -0.4 is 0 Å². The third-order valence-corrected chi connectivity index (χ3v) is 6.73. The summed E-state index contributed by atoms with van der Waals surface area (Å²) >= 11 is 4.28. The molecule has 1 aromatic carbocycles. The van der Waals surface area contributed by atoms with Gasteiger partial charge in [0.25, 0.3) is 0 Å². The SMILES string of the molecule is CC(O)(c1ccc(I)cc1)C1CCOC2(CCSC2)C1. The van der Waals surface area contributed by atoms with Crippen LogP contribution in [0.2, 0.25) is 0 Å². The van der Waals surface area contributed by atoms with Crippen molar-refractivity contribution in [1.29, 1.82) is 0 Å². The van der Waals surface area contributed by atoms with E-state index < -0.39 is 5.60 Å². The van der Waals surface area contributed by atoms with Gasteiger partial charge in [-0.1, -0.05) is 12.1 Å². The van der Waals surface area contributed by atoms with Crippen molar-refractivity contribution >= 4 is 34.4 Å². The van der Waals surface area contributed by atoms with Gasteiger partial charge < -0.3 is 9.84 Å². The van der Waals surface area contributed by atoms with Gasteiger partial charge in [-0.05, 0) is 78.1 Å². The fourth-order valence-electron chi connectivity index (χ4n) is 3.39. The van der Waals surface area contributed by atoms with Crippen molar-refractivity contribution in [2.75, 3.05) is 18.1 Å². The molecule has 3 atom stereocenters. The smallest absolute Gasteiger partial charge is 0.0898 e. The van der Waals surface area contributed by atoms with Crippen LogP contribution in [0.15, 0.2) is 24.3 Å². The van der Waals surface area contributed by atoms with Crippen LogP contribution >= 0.6 is 34.4 Å². The lowest BCUT2D eigenvalue weighted by Gasteiger charge is -2.43. The van der Waals surface area contributed by atoms with Crippen LogP contribution in [-0.2, 0) is 10.3 Å². The second kappa shape index (κ2) is 5.78. The number of benzene rings is 1. The molecule has 0 saturated carbocycles. The zero-order valence-corrected chi connectivity index (χ0v) is 14.7. The summed E-state index contributed by atoms with van der Waals surface area (Å²) < 4.78 is 7.28. The second-order valence-corrected chi connectivity index (χ2v) is 8.53. The number of hydrogen-bond acceptors (Lipinski definition) is 3. The predicted molar refractivity (Wildman–Crippen MR) is 92.1 cm³/mol. The van der Waals surface area contributed by atoms with Crippen LogP contribution in [0.3, 0.4) is 0 Å². The minimum Gasteiger partial charge on any atom is -0.385 e. The van der Waals surface area contributed by atoms with Gasteiger partial charge in [-0.2, -0.15) is 11.8 Å². The molecule has 0 aliphatic carbocycles. The first-order valence-corrected chi connectivity index (χ1v) is 9.45. The Bertz CT molecular complexity index is 466. The average molecular weight is 404 g/mol. The molecule has 1 spiro atoms. The van der Waals surface area contributed by atoms with E-state index in [-0.39, 0.29) is 11.5 Å². The number of hydrogen-bond donors (Lipinski definition) is 1. The van der Waals surface area contributed by atoms with E-state index in [2.05, 4.69) is 46.9 Å². The summed E-state index contributed by atoms with van der Waals surface area (Å²) in [5, 5.41) is 11.1. The largest absolute Gasteiger partial charge is 0.385 e. The average Bonchev–Trinajstić information content (AvgIpc) is 2.87. The van der Waals surface area contributed by atoms with Crippen LogP contribution in [-0.4, -0.2) is 28.8 Å². The Balaban J connectivity index is 1.81. The zero-order chi connectivity index (χ0) is 14.2. The Hall–Kier alpha value is 0.220. The molecule has 0 amide bonds. The van der Waals surface area contributed by atoms with Gasteiger partial charge in [0, 0.05) is 15.9 Å². The van der Waals surface area contributed by atoms with E-state index in [1.54, 1.807) is 0 Å². The minimum absolute atomic E-state index is 0.0285. The molecule has 0 bridgehead atoms. The van der Waals surface area contributed by atoms with E-state index in [9.17, 15) is 5.11 Å². The van der Waals surface area contributed by atoms with Crippen molar-refractivity contribution in [3.63, 3.8) is 0 Å². The van der Waals surface area contributed by atoms with E-state index >= 15 is 0 Å².